The van der Waals surface area contributed by atoms with Gasteiger partial charge in [0.25, 0.3) is 0 Å². The molecular weight excluding hydrogens is 464 g/mol. The fraction of sp³-hybridized carbons (Fsp3) is 0.700. The molecule has 188 valence electrons. The normalized spacial score (nSPS) is 26.6. The maximum atomic E-state index is 10.9. The molecule has 5 unspecified atom stereocenters. The predicted octanol–water partition coefficient (Wildman–Crippen LogP) is 0.122. The molecule has 0 spiro atoms. The molecule has 13 nitrogen and oxygen atoms in total. The van der Waals surface area contributed by atoms with Crippen LogP contribution in [-0.2, 0) is 19.0 Å². The van der Waals surface area contributed by atoms with Gasteiger partial charge in [0.15, 0.2) is 23.5 Å². The summed E-state index contributed by atoms with van der Waals surface area (Å²) in [5.74, 6) is 0.0664. The Bertz CT molecular complexity index is 1020. The van der Waals surface area contributed by atoms with Gasteiger partial charge in [-0.25, -0.2) is 4.98 Å². The van der Waals surface area contributed by atoms with Gasteiger partial charge < -0.3 is 41.8 Å². The molecule has 2 aliphatic heterocycles. The van der Waals surface area contributed by atoms with E-state index in [0.29, 0.717) is 48.1 Å². The molecule has 2 fully saturated rings. The first-order valence-electron chi connectivity index (χ1n) is 11.2. The van der Waals surface area contributed by atoms with Crippen LogP contribution in [-0.4, -0.2) is 85.3 Å². The fourth-order valence-corrected chi connectivity index (χ4v) is 5.14. The first-order valence-corrected chi connectivity index (χ1v) is 12.4. The quantitative estimate of drug-likeness (QED) is 0.263. The highest BCUT2D eigenvalue weighted by atomic mass is 32.2. The molecule has 0 aromatic carbocycles. The average Bonchev–Trinajstić information content (AvgIpc) is 3.42. The zero-order valence-corrected chi connectivity index (χ0v) is 20.0. The second kappa shape index (κ2) is 10.2. The number of carbonyl (C=O) groups is 1. The summed E-state index contributed by atoms with van der Waals surface area (Å²) in [6.45, 7) is 4.90. The number of ether oxygens (including phenoxy) is 3. The Morgan fingerprint density at radius 2 is 2.12 bits per heavy atom. The van der Waals surface area contributed by atoms with E-state index in [0.717, 1.165) is 6.42 Å². The van der Waals surface area contributed by atoms with Gasteiger partial charge in [0.1, 0.15) is 23.8 Å². The third-order valence-electron chi connectivity index (χ3n) is 5.68. The van der Waals surface area contributed by atoms with E-state index in [-0.39, 0.29) is 24.1 Å². The van der Waals surface area contributed by atoms with Crippen molar-refractivity contribution in [1.29, 1.82) is 0 Å². The van der Waals surface area contributed by atoms with E-state index in [1.807, 2.05) is 13.8 Å². The summed E-state index contributed by atoms with van der Waals surface area (Å²) in [7, 11) is 0. The number of aliphatic carboxylic acids is 1. The first-order chi connectivity index (χ1) is 16.2. The number of thioether (sulfide) groups is 1. The molecule has 2 aromatic heterocycles. The van der Waals surface area contributed by atoms with E-state index in [9.17, 15) is 4.79 Å². The zero-order chi connectivity index (χ0) is 24.5. The second-order valence-electron chi connectivity index (χ2n) is 8.76. The lowest BCUT2D eigenvalue weighted by molar-refractivity contribution is -0.193. The van der Waals surface area contributed by atoms with Crippen LogP contribution in [0.5, 0.6) is 0 Å². The summed E-state index contributed by atoms with van der Waals surface area (Å²) >= 11 is 1.57. The van der Waals surface area contributed by atoms with Gasteiger partial charge in [0.05, 0.1) is 12.4 Å². The molecule has 4 rings (SSSR count). The number of rotatable bonds is 11. The Labute approximate surface area is 201 Å². The van der Waals surface area contributed by atoms with Crippen molar-refractivity contribution in [3.63, 3.8) is 0 Å². The smallest absolute Gasteiger partial charge is 0.320 e. The summed E-state index contributed by atoms with van der Waals surface area (Å²) in [6.07, 6.45) is 1.26. The van der Waals surface area contributed by atoms with Gasteiger partial charge in [-0.15, -0.1) is 0 Å². The number of aromatic nitrogens is 4. The molecule has 2 aromatic rings. The number of nitrogens with two attached hydrogens (primary N) is 3. The highest BCUT2D eigenvalue weighted by Crippen LogP contribution is 2.44. The number of nitrogens with zero attached hydrogens (tertiary/aromatic N) is 4. The van der Waals surface area contributed by atoms with E-state index in [1.54, 1.807) is 22.7 Å². The maximum absolute atomic E-state index is 10.9. The molecule has 34 heavy (non-hydrogen) atoms. The highest BCUT2D eigenvalue weighted by molar-refractivity contribution is 7.99. The van der Waals surface area contributed by atoms with Crippen LogP contribution in [0.15, 0.2) is 6.33 Å². The lowest BCUT2D eigenvalue weighted by Gasteiger charge is -2.24. The summed E-state index contributed by atoms with van der Waals surface area (Å²) < 4.78 is 20.5. The minimum atomic E-state index is -1.00. The van der Waals surface area contributed by atoms with Crippen molar-refractivity contribution < 1.29 is 24.1 Å². The lowest BCUT2D eigenvalue weighted by atomic mass is 10.1. The summed E-state index contributed by atoms with van der Waals surface area (Å²) in [6, 6.07) is -0.877. The van der Waals surface area contributed by atoms with Gasteiger partial charge in [-0.05, 0) is 39.0 Å². The zero-order valence-electron chi connectivity index (χ0n) is 19.2. The number of hydrogen-bond acceptors (Lipinski definition) is 12. The standard InChI is InChI=1S/C20H32N8O5S/c1-20(2)32-13-11(8-34-7-4-10(22)18(29)30)31-17(14(13)33-20)28-9-25-12-15(23)26-19(27-16(12)28)24-6-3-5-21/h9-11,13-14,17H,3-8,21-22H2,1-2H3,(H,29,30)(H3,23,24,26,27). The molecule has 14 heteroatoms. The third-order valence-corrected chi connectivity index (χ3v) is 6.77. The number of carboxylic acids is 1. The number of nitrogen functional groups attached to an aromatic ring is 1. The number of hydrogen-bond donors (Lipinski definition) is 5. The maximum Gasteiger partial charge on any atom is 0.320 e. The average molecular weight is 497 g/mol. The Kier molecular flexibility index (Phi) is 7.45. The van der Waals surface area contributed by atoms with Gasteiger partial charge in [-0.2, -0.15) is 21.7 Å². The largest absolute Gasteiger partial charge is 0.480 e. The Balaban J connectivity index is 1.53. The lowest BCUT2D eigenvalue weighted by Crippen LogP contribution is -2.32. The van der Waals surface area contributed by atoms with Gasteiger partial charge in [-0.1, -0.05) is 0 Å². The molecule has 4 heterocycles. The van der Waals surface area contributed by atoms with E-state index in [4.69, 9.17) is 36.5 Å². The van der Waals surface area contributed by atoms with Gasteiger partial charge in [0, 0.05) is 12.3 Å². The van der Waals surface area contributed by atoms with Crippen molar-refractivity contribution in [3.05, 3.63) is 6.33 Å². The Morgan fingerprint density at radius 3 is 2.85 bits per heavy atom. The number of nitrogens with one attached hydrogen (secondary N) is 1. The molecule has 0 saturated carbocycles. The fourth-order valence-electron chi connectivity index (χ4n) is 4.06. The van der Waals surface area contributed by atoms with Crippen molar-refractivity contribution in [2.75, 3.05) is 35.6 Å². The number of carboxylic acid groups (broad SMARTS) is 1. The molecule has 5 atom stereocenters. The minimum absolute atomic E-state index is 0.263. The van der Waals surface area contributed by atoms with Gasteiger partial charge in [-0.3, -0.25) is 9.36 Å². The van der Waals surface area contributed by atoms with Crippen LogP contribution in [0.1, 0.15) is 32.9 Å². The first kappa shape index (κ1) is 24.9. The van der Waals surface area contributed by atoms with E-state index in [2.05, 4.69) is 20.3 Å². The van der Waals surface area contributed by atoms with Crippen LogP contribution in [0.4, 0.5) is 11.8 Å². The van der Waals surface area contributed by atoms with Crippen LogP contribution in [0.2, 0.25) is 0 Å². The minimum Gasteiger partial charge on any atom is -0.480 e. The van der Waals surface area contributed by atoms with E-state index < -0.39 is 24.0 Å². The van der Waals surface area contributed by atoms with E-state index in [1.165, 1.54) is 0 Å². The van der Waals surface area contributed by atoms with Crippen LogP contribution in [0.3, 0.4) is 0 Å². The van der Waals surface area contributed by atoms with Crippen LogP contribution < -0.4 is 22.5 Å². The predicted molar refractivity (Wildman–Crippen MR) is 127 cm³/mol. The summed E-state index contributed by atoms with van der Waals surface area (Å²) in [5.41, 5.74) is 18.3. The topological polar surface area (TPSA) is 199 Å². The molecule has 0 aliphatic carbocycles. The van der Waals surface area contributed by atoms with Gasteiger partial charge >= 0.3 is 5.97 Å². The van der Waals surface area contributed by atoms with Crippen molar-refractivity contribution in [3.8, 4) is 0 Å². The van der Waals surface area contributed by atoms with Crippen molar-refractivity contribution in [1.82, 2.24) is 19.5 Å². The third kappa shape index (κ3) is 5.21. The molecule has 0 amide bonds. The second-order valence-corrected chi connectivity index (χ2v) is 9.91. The van der Waals surface area contributed by atoms with Crippen molar-refractivity contribution >= 4 is 40.7 Å². The number of fused-ring (bicyclic) bond motifs is 2. The molecular formula is C20H32N8O5S. The monoisotopic (exact) mass is 496 g/mol. The van der Waals surface area contributed by atoms with Crippen LogP contribution in [0, 0.1) is 0 Å². The molecule has 8 N–H and O–H groups in total. The highest BCUT2D eigenvalue weighted by Gasteiger charge is 2.56. The summed E-state index contributed by atoms with van der Waals surface area (Å²) in [5, 5.41) is 12.1. The van der Waals surface area contributed by atoms with Crippen LogP contribution in [0.25, 0.3) is 11.2 Å². The number of anilines is 2. The molecule has 0 radical (unpaired) electrons. The van der Waals surface area contributed by atoms with E-state index >= 15 is 0 Å². The number of imidazole rings is 1. The Morgan fingerprint density at radius 1 is 1.35 bits per heavy atom. The molecule has 2 saturated heterocycles. The van der Waals surface area contributed by atoms with Crippen molar-refractivity contribution in [2.24, 2.45) is 11.5 Å². The van der Waals surface area contributed by atoms with Crippen molar-refractivity contribution in [2.45, 2.75) is 63.1 Å². The SMILES string of the molecule is CC1(C)OC2C(CSCCC(N)C(=O)O)OC(n3cnc4c(N)nc(NCCCN)nc43)C2O1. The molecule has 0 bridgehead atoms. The Hall–Kier alpha value is -2.23. The van der Waals surface area contributed by atoms with Crippen LogP contribution >= 0.6 is 11.8 Å². The van der Waals surface area contributed by atoms with Gasteiger partial charge in [0.2, 0.25) is 5.95 Å². The molecule has 2 aliphatic rings. The summed E-state index contributed by atoms with van der Waals surface area (Å²) in [4.78, 5) is 24.2.